The van der Waals surface area contributed by atoms with Gasteiger partial charge in [-0.15, -0.1) is 0 Å². The van der Waals surface area contributed by atoms with Gasteiger partial charge in [-0.05, 0) is 19.1 Å². The lowest BCUT2D eigenvalue weighted by atomic mass is 10.2. The minimum Gasteiger partial charge on any atom is -0.424 e. The van der Waals surface area contributed by atoms with Crippen LogP contribution < -0.4 is 4.74 Å². The first-order chi connectivity index (χ1) is 7.16. The Balaban J connectivity index is 2.63. The summed E-state index contributed by atoms with van der Waals surface area (Å²) in [7, 11) is 0. The van der Waals surface area contributed by atoms with Gasteiger partial charge in [-0.3, -0.25) is 4.79 Å². The minimum atomic E-state index is -0.328. The predicted molar refractivity (Wildman–Crippen MR) is 57.8 cm³/mol. The molecule has 0 aliphatic carbocycles. The van der Waals surface area contributed by atoms with Crippen LogP contribution >= 0.6 is 0 Å². The topological polar surface area (TPSA) is 39.2 Å². The van der Waals surface area contributed by atoms with E-state index in [-0.39, 0.29) is 5.97 Å². The van der Waals surface area contributed by atoms with Crippen molar-refractivity contribution in [3.05, 3.63) is 36.0 Å². The van der Waals surface area contributed by atoms with Crippen LogP contribution in [-0.4, -0.2) is 11.0 Å². The van der Waals surface area contributed by atoms with Crippen molar-refractivity contribution in [1.82, 2.24) is 4.98 Å². The number of hydrogen-bond donors (Lipinski definition) is 0. The van der Waals surface area contributed by atoms with Crippen molar-refractivity contribution in [3.63, 3.8) is 0 Å². The number of aromatic nitrogens is 1. The zero-order valence-corrected chi connectivity index (χ0v) is 8.65. The number of benzene rings is 1. The van der Waals surface area contributed by atoms with Crippen LogP contribution in [0, 0.1) is 6.92 Å². The van der Waals surface area contributed by atoms with Gasteiger partial charge in [0.25, 0.3) is 0 Å². The molecule has 15 heavy (non-hydrogen) atoms. The van der Waals surface area contributed by atoms with Crippen molar-refractivity contribution in [2.45, 2.75) is 13.8 Å². The van der Waals surface area contributed by atoms with E-state index in [9.17, 15) is 4.79 Å². The Morgan fingerprint density at radius 1 is 1.27 bits per heavy atom. The molecular weight excluding hydrogens is 190 g/mol. The fourth-order valence-corrected chi connectivity index (χ4v) is 1.45. The van der Waals surface area contributed by atoms with Gasteiger partial charge in [0.15, 0.2) is 5.75 Å². The highest BCUT2D eigenvalue weighted by Crippen LogP contribution is 2.23. The maximum atomic E-state index is 10.9. The van der Waals surface area contributed by atoms with E-state index in [1.54, 1.807) is 6.07 Å². The molecule has 0 amide bonds. The van der Waals surface area contributed by atoms with Gasteiger partial charge < -0.3 is 4.74 Å². The Kier molecular flexibility index (Phi) is 2.37. The molecule has 0 bridgehead atoms. The van der Waals surface area contributed by atoms with Crippen molar-refractivity contribution in [3.8, 4) is 5.75 Å². The number of para-hydroxylation sites is 1. The van der Waals surface area contributed by atoms with Crippen LogP contribution in [0.4, 0.5) is 0 Å². The highest BCUT2D eigenvalue weighted by atomic mass is 16.5. The summed E-state index contributed by atoms with van der Waals surface area (Å²) in [5.41, 5.74) is 1.63. The first-order valence-electron chi connectivity index (χ1n) is 4.71. The molecule has 0 atom stereocenters. The molecule has 0 unspecified atom stereocenters. The lowest BCUT2D eigenvalue weighted by Crippen LogP contribution is -2.02. The fraction of sp³-hybridized carbons (Fsp3) is 0.167. The van der Waals surface area contributed by atoms with Gasteiger partial charge in [0.1, 0.15) is 5.52 Å². The summed E-state index contributed by atoms with van der Waals surface area (Å²) in [6.07, 6.45) is 0. The first-order valence-corrected chi connectivity index (χ1v) is 4.71. The van der Waals surface area contributed by atoms with Crippen LogP contribution in [0.25, 0.3) is 10.9 Å². The van der Waals surface area contributed by atoms with Gasteiger partial charge in [0, 0.05) is 18.0 Å². The lowest BCUT2D eigenvalue weighted by Gasteiger charge is -2.05. The molecule has 0 saturated heterocycles. The highest BCUT2D eigenvalue weighted by Gasteiger charge is 2.05. The summed E-state index contributed by atoms with van der Waals surface area (Å²) >= 11 is 0. The molecule has 1 aromatic carbocycles. The molecule has 0 aliphatic heterocycles. The number of carbonyl (C=O) groups is 1. The summed E-state index contributed by atoms with van der Waals surface area (Å²) in [4.78, 5) is 15.2. The van der Waals surface area contributed by atoms with Crippen LogP contribution in [0.3, 0.4) is 0 Å². The van der Waals surface area contributed by atoms with E-state index in [1.807, 2.05) is 31.2 Å². The van der Waals surface area contributed by atoms with Crippen LogP contribution in [-0.2, 0) is 4.79 Å². The molecule has 0 N–H and O–H groups in total. The van der Waals surface area contributed by atoms with Crippen molar-refractivity contribution in [2.75, 3.05) is 0 Å². The van der Waals surface area contributed by atoms with Crippen LogP contribution in [0.1, 0.15) is 12.6 Å². The number of ether oxygens (including phenoxy) is 1. The summed E-state index contributed by atoms with van der Waals surface area (Å²) < 4.78 is 5.08. The average molecular weight is 201 g/mol. The van der Waals surface area contributed by atoms with E-state index in [1.165, 1.54) is 6.92 Å². The number of carbonyl (C=O) groups excluding carboxylic acids is 1. The molecule has 0 fully saturated rings. The van der Waals surface area contributed by atoms with E-state index in [0.717, 1.165) is 16.6 Å². The molecule has 1 aromatic heterocycles. The molecule has 0 radical (unpaired) electrons. The van der Waals surface area contributed by atoms with Crippen LogP contribution in [0.15, 0.2) is 30.3 Å². The quantitative estimate of drug-likeness (QED) is 0.525. The zero-order valence-electron chi connectivity index (χ0n) is 8.65. The highest BCUT2D eigenvalue weighted by molar-refractivity contribution is 5.86. The fourth-order valence-electron chi connectivity index (χ4n) is 1.45. The zero-order chi connectivity index (χ0) is 10.8. The molecule has 3 nitrogen and oxygen atoms in total. The monoisotopic (exact) mass is 201 g/mol. The Morgan fingerprint density at radius 2 is 2.07 bits per heavy atom. The molecule has 0 aliphatic rings. The molecular formula is C12H11NO2. The lowest BCUT2D eigenvalue weighted by molar-refractivity contribution is -0.131. The van der Waals surface area contributed by atoms with Gasteiger partial charge in [0.2, 0.25) is 0 Å². The third-order valence-corrected chi connectivity index (χ3v) is 2.08. The second-order valence-corrected chi connectivity index (χ2v) is 3.37. The Bertz CT molecular complexity index is 520. The molecule has 0 saturated carbocycles. The number of pyridine rings is 1. The predicted octanol–water partition coefficient (Wildman–Crippen LogP) is 2.47. The van der Waals surface area contributed by atoms with Crippen molar-refractivity contribution >= 4 is 16.9 Å². The standard InChI is InChI=1S/C12H11NO2/c1-8-6-7-10-4-3-5-11(12(10)13-8)15-9(2)14/h3-7H,1-2H3. The van der Waals surface area contributed by atoms with Gasteiger partial charge in [-0.25, -0.2) is 4.98 Å². The van der Waals surface area contributed by atoms with Crippen molar-refractivity contribution in [2.24, 2.45) is 0 Å². The molecule has 2 aromatic rings. The summed E-state index contributed by atoms with van der Waals surface area (Å²) in [6.45, 7) is 3.29. The van der Waals surface area contributed by atoms with Gasteiger partial charge in [0.05, 0.1) is 0 Å². The van der Waals surface area contributed by atoms with Crippen molar-refractivity contribution < 1.29 is 9.53 Å². The van der Waals surface area contributed by atoms with Gasteiger partial charge in [-0.1, -0.05) is 18.2 Å². The Hall–Kier alpha value is -1.90. The molecule has 3 heteroatoms. The Morgan fingerprint density at radius 3 is 2.80 bits per heavy atom. The minimum absolute atomic E-state index is 0.328. The van der Waals surface area contributed by atoms with E-state index >= 15 is 0 Å². The summed E-state index contributed by atoms with van der Waals surface area (Å²) in [6, 6.07) is 9.42. The van der Waals surface area contributed by atoms with E-state index in [0.29, 0.717) is 5.75 Å². The summed E-state index contributed by atoms with van der Waals surface area (Å²) in [5, 5.41) is 0.972. The second-order valence-electron chi connectivity index (χ2n) is 3.37. The number of rotatable bonds is 1. The number of fused-ring (bicyclic) bond motifs is 1. The number of aryl methyl sites for hydroxylation is 1. The first kappa shape index (κ1) is 9.65. The molecule has 1 heterocycles. The third kappa shape index (κ3) is 1.96. The largest absolute Gasteiger partial charge is 0.424 e. The van der Waals surface area contributed by atoms with Crippen LogP contribution in [0.2, 0.25) is 0 Å². The Labute approximate surface area is 87.7 Å². The SMILES string of the molecule is CC(=O)Oc1cccc2ccc(C)nc12. The maximum absolute atomic E-state index is 10.9. The number of nitrogens with zero attached hydrogens (tertiary/aromatic N) is 1. The average Bonchev–Trinajstić information content (AvgIpc) is 2.18. The van der Waals surface area contributed by atoms with Gasteiger partial charge >= 0.3 is 5.97 Å². The summed E-state index contributed by atoms with van der Waals surface area (Å²) in [5.74, 6) is 0.189. The smallest absolute Gasteiger partial charge is 0.308 e. The van der Waals surface area contributed by atoms with Crippen LogP contribution in [0.5, 0.6) is 5.75 Å². The molecule has 0 spiro atoms. The van der Waals surface area contributed by atoms with E-state index in [2.05, 4.69) is 4.98 Å². The maximum Gasteiger partial charge on any atom is 0.308 e. The van der Waals surface area contributed by atoms with Gasteiger partial charge in [-0.2, -0.15) is 0 Å². The van der Waals surface area contributed by atoms with E-state index < -0.39 is 0 Å². The normalized spacial score (nSPS) is 10.3. The van der Waals surface area contributed by atoms with Crippen molar-refractivity contribution in [1.29, 1.82) is 0 Å². The number of esters is 1. The molecule has 2 rings (SSSR count). The second kappa shape index (κ2) is 3.69. The molecule has 76 valence electrons. The number of hydrogen-bond acceptors (Lipinski definition) is 3. The van der Waals surface area contributed by atoms with E-state index in [4.69, 9.17) is 4.74 Å². The third-order valence-electron chi connectivity index (χ3n) is 2.08.